The van der Waals surface area contributed by atoms with E-state index in [4.69, 9.17) is 11.5 Å². The molecule has 0 radical (unpaired) electrons. The minimum absolute atomic E-state index is 0.409. The van der Waals surface area contributed by atoms with Gasteiger partial charge in [-0.3, -0.25) is 9.78 Å². The summed E-state index contributed by atoms with van der Waals surface area (Å²) in [4.78, 5) is 15.4. The second kappa shape index (κ2) is 5.86. The molecule has 0 fully saturated rings. The number of nitrogens with zero attached hydrogens (tertiary/aromatic N) is 1. The van der Waals surface area contributed by atoms with E-state index in [2.05, 4.69) is 10.3 Å². The van der Waals surface area contributed by atoms with Gasteiger partial charge < -0.3 is 16.8 Å². The Labute approximate surface area is 111 Å². The maximum Gasteiger partial charge on any atom is 0.250 e. The normalized spacial score (nSPS) is 10.1. The lowest BCUT2D eigenvalue weighted by Crippen LogP contribution is -2.16. The molecule has 0 bridgehead atoms. The average Bonchev–Trinajstić information content (AvgIpc) is 2.41. The molecule has 1 heterocycles. The Hall–Kier alpha value is -2.56. The van der Waals surface area contributed by atoms with E-state index >= 15 is 0 Å². The van der Waals surface area contributed by atoms with Crippen LogP contribution in [0.1, 0.15) is 15.9 Å². The van der Waals surface area contributed by atoms with E-state index in [1.54, 1.807) is 24.4 Å². The first-order valence-corrected chi connectivity index (χ1v) is 5.99. The monoisotopic (exact) mass is 256 g/mol. The van der Waals surface area contributed by atoms with Crippen LogP contribution in [0.2, 0.25) is 0 Å². The number of nitrogens with two attached hydrogens (primary N) is 2. The van der Waals surface area contributed by atoms with Gasteiger partial charge in [-0.05, 0) is 30.2 Å². The van der Waals surface area contributed by atoms with Crippen molar-refractivity contribution < 1.29 is 4.79 Å². The molecule has 0 aliphatic heterocycles. The summed E-state index contributed by atoms with van der Waals surface area (Å²) >= 11 is 0. The zero-order chi connectivity index (χ0) is 13.7. The molecule has 5 N–H and O–H groups in total. The highest BCUT2D eigenvalue weighted by Gasteiger charge is 2.10. The first-order chi connectivity index (χ1) is 9.18. The summed E-state index contributed by atoms with van der Waals surface area (Å²) in [7, 11) is 0. The molecule has 5 heteroatoms. The Kier molecular flexibility index (Phi) is 3.97. The van der Waals surface area contributed by atoms with Crippen LogP contribution in [0, 0.1) is 0 Å². The zero-order valence-corrected chi connectivity index (χ0v) is 10.5. The molecule has 0 aliphatic carbocycles. The van der Waals surface area contributed by atoms with Crippen molar-refractivity contribution in [3.8, 4) is 0 Å². The number of carbonyl (C=O) groups excluding carboxylic acids is 1. The van der Waals surface area contributed by atoms with Crippen LogP contribution in [0.25, 0.3) is 0 Å². The van der Waals surface area contributed by atoms with Crippen LogP contribution in [0.4, 0.5) is 11.4 Å². The number of benzene rings is 1. The van der Waals surface area contributed by atoms with Gasteiger partial charge in [-0.2, -0.15) is 0 Å². The number of hydrogen-bond donors (Lipinski definition) is 3. The van der Waals surface area contributed by atoms with Gasteiger partial charge in [0.25, 0.3) is 5.91 Å². The summed E-state index contributed by atoms with van der Waals surface area (Å²) in [5, 5.41) is 3.16. The molecule has 0 saturated carbocycles. The Balaban J connectivity index is 2.05. The quantitative estimate of drug-likeness (QED) is 0.705. The number of primary amides is 1. The van der Waals surface area contributed by atoms with Crippen molar-refractivity contribution >= 4 is 17.3 Å². The number of rotatable bonds is 5. The van der Waals surface area contributed by atoms with Crippen molar-refractivity contribution in [3.63, 3.8) is 0 Å². The molecule has 0 atom stereocenters. The van der Waals surface area contributed by atoms with Crippen LogP contribution >= 0.6 is 0 Å². The van der Waals surface area contributed by atoms with Crippen LogP contribution in [0.5, 0.6) is 0 Å². The Morgan fingerprint density at radius 2 is 2.11 bits per heavy atom. The van der Waals surface area contributed by atoms with E-state index in [1.165, 1.54) is 0 Å². The molecule has 1 amide bonds. The van der Waals surface area contributed by atoms with Gasteiger partial charge in [0.1, 0.15) is 0 Å². The number of anilines is 2. The third kappa shape index (κ3) is 3.22. The number of carbonyl (C=O) groups is 1. The first kappa shape index (κ1) is 12.9. The lowest BCUT2D eigenvalue weighted by molar-refractivity contribution is 0.100. The van der Waals surface area contributed by atoms with E-state index in [1.807, 2.05) is 18.3 Å². The highest BCUT2D eigenvalue weighted by atomic mass is 16.1. The van der Waals surface area contributed by atoms with Gasteiger partial charge in [0.05, 0.1) is 16.9 Å². The fraction of sp³-hybridized carbons (Fsp3) is 0.143. The van der Waals surface area contributed by atoms with Crippen LogP contribution in [0.15, 0.2) is 42.7 Å². The van der Waals surface area contributed by atoms with Gasteiger partial charge in [-0.25, -0.2) is 0 Å². The van der Waals surface area contributed by atoms with Gasteiger partial charge >= 0.3 is 0 Å². The molecule has 19 heavy (non-hydrogen) atoms. The Bertz CT molecular complexity index is 569. The second-order valence-corrected chi connectivity index (χ2v) is 4.17. The summed E-state index contributed by atoms with van der Waals surface area (Å²) in [5.41, 5.74) is 13.8. The van der Waals surface area contributed by atoms with Crippen molar-refractivity contribution in [1.29, 1.82) is 0 Å². The summed E-state index contributed by atoms with van der Waals surface area (Å²) in [6.45, 7) is 0.653. The molecule has 98 valence electrons. The molecule has 0 saturated heterocycles. The molecule has 5 nitrogen and oxygen atoms in total. The van der Waals surface area contributed by atoms with E-state index in [0.29, 0.717) is 23.5 Å². The minimum Gasteiger partial charge on any atom is -0.397 e. The number of amides is 1. The van der Waals surface area contributed by atoms with Crippen LogP contribution < -0.4 is 16.8 Å². The van der Waals surface area contributed by atoms with Crippen molar-refractivity contribution in [3.05, 3.63) is 53.9 Å². The van der Waals surface area contributed by atoms with Crippen molar-refractivity contribution in [2.24, 2.45) is 5.73 Å². The highest BCUT2D eigenvalue weighted by Crippen LogP contribution is 2.22. The predicted molar refractivity (Wildman–Crippen MR) is 75.8 cm³/mol. The molecule has 1 aromatic carbocycles. The third-order valence-electron chi connectivity index (χ3n) is 2.80. The predicted octanol–water partition coefficient (Wildman–Crippen LogP) is 1.42. The maximum absolute atomic E-state index is 11.3. The van der Waals surface area contributed by atoms with Crippen molar-refractivity contribution in [2.75, 3.05) is 17.6 Å². The fourth-order valence-electron chi connectivity index (χ4n) is 1.85. The van der Waals surface area contributed by atoms with E-state index < -0.39 is 5.91 Å². The van der Waals surface area contributed by atoms with Gasteiger partial charge in [-0.15, -0.1) is 0 Å². The lowest BCUT2D eigenvalue weighted by atomic mass is 10.1. The maximum atomic E-state index is 11.3. The second-order valence-electron chi connectivity index (χ2n) is 4.17. The number of para-hydroxylation sites is 1. The SMILES string of the molecule is NC(=O)c1cccc(N)c1NCCc1cccnc1. The molecule has 1 aromatic heterocycles. The molecular formula is C14H16N4O. The van der Waals surface area contributed by atoms with Gasteiger partial charge in [-0.1, -0.05) is 12.1 Å². The summed E-state index contributed by atoms with van der Waals surface area (Å²) < 4.78 is 0. The molecule has 0 spiro atoms. The molecule has 2 rings (SSSR count). The zero-order valence-electron chi connectivity index (χ0n) is 10.5. The summed E-state index contributed by atoms with van der Waals surface area (Å²) in [6.07, 6.45) is 4.34. The van der Waals surface area contributed by atoms with E-state index in [0.717, 1.165) is 12.0 Å². The molecular weight excluding hydrogens is 240 g/mol. The molecule has 0 aliphatic rings. The van der Waals surface area contributed by atoms with E-state index in [9.17, 15) is 4.79 Å². The Morgan fingerprint density at radius 3 is 2.79 bits per heavy atom. The average molecular weight is 256 g/mol. The standard InChI is InChI=1S/C14H16N4O/c15-12-5-1-4-11(14(16)19)13(12)18-8-6-10-3-2-7-17-9-10/h1-5,7,9,18H,6,8,15H2,(H2,16,19). The topological polar surface area (TPSA) is 94.0 Å². The van der Waals surface area contributed by atoms with Crippen molar-refractivity contribution in [1.82, 2.24) is 4.98 Å². The highest BCUT2D eigenvalue weighted by molar-refractivity contribution is 6.01. The summed E-state index contributed by atoms with van der Waals surface area (Å²) in [5.74, 6) is -0.490. The Morgan fingerprint density at radius 1 is 1.26 bits per heavy atom. The fourth-order valence-corrected chi connectivity index (χ4v) is 1.85. The smallest absolute Gasteiger partial charge is 0.250 e. The number of hydrogen-bond acceptors (Lipinski definition) is 4. The third-order valence-corrected chi connectivity index (χ3v) is 2.80. The first-order valence-electron chi connectivity index (χ1n) is 5.99. The molecule has 2 aromatic rings. The van der Waals surface area contributed by atoms with Crippen LogP contribution in [-0.2, 0) is 6.42 Å². The van der Waals surface area contributed by atoms with E-state index in [-0.39, 0.29) is 0 Å². The minimum atomic E-state index is -0.490. The molecule has 0 unspecified atom stereocenters. The van der Waals surface area contributed by atoms with Gasteiger partial charge in [0.15, 0.2) is 0 Å². The number of aromatic nitrogens is 1. The van der Waals surface area contributed by atoms with Crippen LogP contribution in [0.3, 0.4) is 0 Å². The number of nitrogens with one attached hydrogen (secondary N) is 1. The number of nitrogen functional groups attached to an aromatic ring is 1. The van der Waals surface area contributed by atoms with Crippen LogP contribution in [-0.4, -0.2) is 17.4 Å². The number of pyridine rings is 1. The summed E-state index contributed by atoms with van der Waals surface area (Å²) in [6, 6.07) is 8.99. The van der Waals surface area contributed by atoms with Crippen molar-refractivity contribution in [2.45, 2.75) is 6.42 Å². The van der Waals surface area contributed by atoms with Gasteiger partial charge in [0.2, 0.25) is 0 Å². The lowest BCUT2D eigenvalue weighted by Gasteiger charge is -2.12. The largest absolute Gasteiger partial charge is 0.397 e. The van der Waals surface area contributed by atoms with Gasteiger partial charge in [0, 0.05) is 18.9 Å².